The lowest BCUT2D eigenvalue weighted by atomic mass is 26.3. The largest absolute Gasteiger partial charge is 0.0492 e. The maximum Gasteiger partial charge on any atom is 0.0304 e. The number of hydrogen-bond donors (Lipinski definition) is 0. The van der Waals surface area contributed by atoms with Crippen molar-refractivity contribution >= 4 is 56.6 Å². The average Bonchev–Trinajstić information content (AvgIpc) is 2.47. The topological polar surface area (TPSA) is 0 Å². The van der Waals surface area contributed by atoms with Gasteiger partial charge >= 0.3 is 0 Å². The summed E-state index contributed by atoms with van der Waals surface area (Å²) in [6.07, 6.45) is -0.231. The van der Waals surface area contributed by atoms with Gasteiger partial charge in [-0.3, -0.25) is 0 Å². The van der Waals surface area contributed by atoms with E-state index in [-0.39, 0.29) is 20.0 Å². The van der Waals surface area contributed by atoms with Gasteiger partial charge in [-0.2, -0.15) is 0 Å². The second kappa shape index (κ2) is 1.33. The molecular weight excluding hydrogens is 197 g/mol. The van der Waals surface area contributed by atoms with Gasteiger partial charge in [0.2, 0.25) is 0 Å². The Hall–Kier alpha value is 1.52. The molecule has 7 heteroatoms. The van der Waals surface area contributed by atoms with Gasteiger partial charge in [-0.05, 0) is 13.9 Å². The second-order valence-electron chi connectivity index (χ2n) is 1.75. The Labute approximate surface area is 56.6 Å². The fraction of sp³-hybridized carbons (Fsp3) is 0. The van der Waals surface area contributed by atoms with Crippen molar-refractivity contribution in [2.45, 2.75) is 0 Å². The zero-order valence-corrected chi connectivity index (χ0v) is 10.5. The highest BCUT2D eigenvalue weighted by molar-refractivity contribution is 8.35. The predicted molar refractivity (Wildman–Crippen MR) is 40.3 cm³/mol. The molecule has 10 radical (unpaired) electrons. The highest BCUT2D eigenvalue weighted by atomic mass is 30.7. The molecule has 1 spiro atoms. The Morgan fingerprint density at radius 1 is 1.14 bits per heavy atom. The number of hydrogen-bond acceptors (Lipinski definition) is 0. The van der Waals surface area contributed by atoms with E-state index in [2.05, 4.69) is 19.5 Å². The van der Waals surface area contributed by atoms with Crippen LogP contribution in [0.5, 0.6) is 0 Å². The maximum absolute atomic E-state index is 3.85. The van der Waals surface area contributed by atoms with Crippen LogP contribution in [0.1, 0.15) is 0 Å². The summed E-state index contributed by atoms with van der Waals surface area (Å²) in [5, 5.41) is 0. The van der Waals surface area contributed by atoms with Crippen LogP contribution in [0, 0.1) is 0 Å². The first-order valence-electron chi connectivity index (χ1n) is 2.00. The van der Waals surface area contributed by atoms with Gasteiger partial charge in [0.05, 0.1) is 0 Å². The molecule has 0 aromatic carbocycles. The average molecular weight is 197 g/mol. The molecule has 0 bridgehead atoms. The molecule has 2 rings (SSSR count). The van der Waals surface area contributed by atoms with Crippen LogP contribution in [-0.4, -0.2) is 56.6 Å². The van der Waals surface area contributed by atoms with Crippen LogP contribution in [0.3, 0.4) is 0 Å². The van der Waals surface area contributed by atoms with Crippen LogP contribution in [-0.2, 0) is 0 Å². The third-order valence-corrected chi connectivity index (χ3v) is 92.8. The van der Waals surface area contributed by atoms with Crippen LogP contribution in [0.2, 0.25) is 0 Å². The van der Waals surface area contributed by atoms with E-state index in [1.165, 1.54) is 17.1 Å². The molecule has 0 aliphatic carbocycles. The molecule has 28 valence electrons. The first kappa shape index (κ1) is 5.31. The predicted octanol–water partition coefficient (Wildman–Crippen LogP) is -2.67. The molecule has 0 nitrogen and oxygen atoms in total. The van der Waals surface area contributed by atoms with Crippen LogP contribution in [0.4, 0.5) is 0 Å². The van der Waals surface area contributed by atoms with E-state index in [4.69, 9.17) is 0 Å². The molecule has 0 N–H and O–H groups in total. The van der Waals surface area contributed by atoms with Gasteiger partial charge in [0.15, 0.2) is 0 Å². The molecule has 0 unspecified atom stereocenters. The smallest absolute Gasteiger partial charge is 0.0304 e. The first-order valence-corrected chi connectivity index (χ1v) is 18.0. The second-order valence-corrected chi connectivity index (χ2v) is 47.2. The van der Waals surface area contributed by atoms with Crippen molar-refractivity contribution in [3.63, 3.8) is 0 Å². The molecule has 1 fully saturated rings. The molecule has 2 heterocycles. The van der Waals surface area contributed by atoms with Crippen LogP contribution >= 0.6 is 0 Å². The fourth-order valence-electron chi connectivity index (χ4n) is 0.594. The Bertz CT molecular complexity index is 133. The van der Waals surface area contributed by atoms with E-state index in [9.17, 15) is 0 Å². The Kier molecular flexibility index (Phi) is 1.01. The van der Waals surface area contributed by atoms with E-state index in [0.29, 0.717) is 0 Å². The normalized spacial score (nSPS) is 31.7. The molecule has 2 aliphatic rings. The summed E-state index contributed by atoms with van der Waals surface area (Å²) in [6.45, 7) is 0.424. The fourth-order valence-corrected chi connectivity index (χ4v) is 144. The molecule has 7 heavy (non-hydrogen) atoms. The maximum atomic E-state index is 3.85. The summed E-state index contributed by atoms with van der Waals surface area (Å²) in [5.41, 5.74) is 0. The highest BCUT2D eigenvalue weighted by Gasteiger charge is 2.59. The lowest BCUT2D eigenvalue weighted by Gasteiger charge is -1.76. The Balaban J connectivity index is 2.29. The number of rotatable bonds is 0. The van der Waals surface area contributed by atoms with Gasteiger partial charge < -0.3 is 0 Å². The van der Waals surface area contributed by atoms with Crippen LogP contribution < -0.4 is 0 Å². The molecule has 0 aromatic rings. The Morgan fingerprint density at radius 2 is 1.57 bits per heavy atom. The zero-order valence-electron chi connectivity index (χ0n) is 3.50. The summed E-state index contributed by atoms with van der Waals surface area (Å²) in [6, 6.07) is 0. The molecule has 2 aliphatic heterocycles. The molecule has 0 amide bonds. The van der Waals surface area contributed by atoms with E-state index >= 15 is 0 Å². The minimum absolute atomic E-state index is 0.212. The zero-order chi connectivity index (χ0) is 5.07. The van der Waals surface area contributed by atoms with Gasteiger partial charge in [0, 0.05) is 42.8 Å². The summed E-state index contributed by atoms with van der Waals surface area (Å²) in [5.74, 6) is 0. The molecule has 0 aromatic heterocycles. The summed E-state index contributed by atoms with van der Waals surface area (Å²) < 4.78 is 0. The minimum Gasteiger partial charge on any atom is -0.0492 e. The Morgan fingerprint density at radius 3 is 1.57 bits per heavy atom. The van der Waals surface area contributed by atoms with E-state index in [1.54, 1.807) is 0 Å². The van der Waals surface area contributed by atoms with Gasteiger partial charge in [-0.15, -0.1) is 0 Å². The summed E-state index contributed by atoms with van der Waals surface area (Å²) in [7, 11) is 10.7. The summed E-state index contributed by atoms with van der Waals surface area (Å²) in [4.78, 5) is 0. The van der Waals surface area contributed by atoms with Crippen molar-refractivity contribution in [3.05, 3.63) is 0 Å². The molecule has 1 saturated heterocycles. The molecule has 0 atom stereocenters. The van der Waals surface area contributed by atoms with Gasteiger partial charge in [-0.25, -0.2) is 0 Å². The monoisotopic (exact) mass is 196 g/mol. The van der Waals surface area contributed by atoms with Crippen molar-refractivity contribution in [3.8, 4) is 0 Å². The summed E-state index contributed by atoms with van der Waals surface area (Å²) >= 11 is 0. The first-order chi connectivity index (χ1) is 3.27. The third-order valence-electron chi connectivity index (χ3n) is 1.31. The van der Waals surface area contributed by atoms with Crippen molar-refractivity contribution in [2.24, 2.45) is 0 Å². The SMILES string of the molecule is [Si][Si]1=[Si]([Si])[Si]12[Si][Si]2. The molecule has 0 saturated carbocycles. The lowest BCUT2D eigenvalue weighted by molar-refractivity contribution is 3.99. The lowest BCUT2D eigenvalue weighted by Crippen LogP contribution is -2.15. The van der Waals surface area contributed by atoms with Gasteiger partial charge in [-0.1, -0.05) is 0 Å². The van der Waals surface area contributed by atoms with Crippen molar-refractivity contribution in [2.75, 3.05) is 0 Å². The van der Waals surface area contributed by atoms with Crippen LogP contribution in [0.25, 0.3) is 0 Å². The van der Waals surface area contributed by atoms with Gasteiger partial charge in [0.25, 0.3) is 0 Å². The van der Waals surface area contributed by atoms with E-state index < -0.39 is 0 Å². The van der Waals surface area contributed by atoms with Crippen LogP contribution in [0.15, 0.2) is 0 Å². The minimum atomic E-state index is -0.231. The van der Waals surface area contributed by atoms with Crippen molar-refractivity contribution in [1.82, 2.24) is 0 Å². The van der Waals surface area contributed by atoms with Gasteiger partial charge in [0.1, 0.15) is 0 Å². The third kappa shape index (κ3) is 0.544. The highest BCUT2D eigenvalue weighted by Crippen LogP contribution is 2.21. The standard InChI is InChI=1S/Si7/c1-5-6(2)7(5)3-4-7. The molecular formula is Si7. The quantitative estimate of drug-likeness (QED) is 0.371. The van der Waals surface area contributed by atoms with Crippen molar-refractivity contribution in [1.29, 1.82) is 0 Å². The van der Waals surface area contributed by atoms with E-state index in [0.717, 1.165) is 0 Å². The van der Waals surface area contributed by atoms with E-state index in [1.807, 2.05) is 0 Å². The van der Waals surface area contributed by atoms with Crippen molar-refractivity contribution < 1.29 is 0 Å².